The van der Waals surface area contributed by atoms with Crippen LogP contribution in [-0.4, -0.2) is 33.9 Å². The van der Waals surface area contributed by atoms with E-state index in [1.807, 2.05) is 30.3 Å². The number of thioether (sulfide) groups is 1. The fourth-order valence-electron chi connectivity index (χ4n) is 3.64. The Kier molecular flexibility index (Phi) is 5.77. The summed E-state index contributed by atoms with van der Waals surface area (Å²) in [6.07, 6.45) is 1.66. The Bertz CT molecular complexity index is 1370. The van der Waals surface area contributed by atoms with E-state index in [-0.39, 0.29) is 24.1 Å². The van der Waals surface area contributed by atoms with Gasteiger partial charge in [0, 0.05) is 11.1 Å². The highest BCUT2D eigenvalue weighted by molar-refractivity contribution is 8.18. The molecule has 0 aliphatic carbocycles. The van der Waals surface area contributed by atoms with Crippen LogP contribution in [0, 0.1) is 0 Å². The van der Waals surface area contributed by atoms with E-state index in [1.54, 1.807) is 30.3 Å². The second kappa shape index (κ2) is 8.89. The minimum atomic E-state index is -0.990. The number of hydrogen-bond acceptors (Lipinski definition) is 6. The zero-order valence-electron chi connectivity index (χ0n) is 17.5. The molecule has 0 spiro atoms. The SMILES string of the molecule is O=C(O)c1cccc(-c2ccc(/C=C3\SC(=O)N(Cc4cc5c(cc4Cl)OCO5)C3=O)cc2)c1. The Morgan fingerprint density at radius 3 is 2.50 bits per heavy atom. The first kappa shape index (κ1) is 22.1. The molecular weight excluding hydrogens is 478 g/mol. The molecule has 1 N–H and O–H groups in total. The molecule has 3 aromatic rings. The average Bonchev–Trinajstić information content (AvgIpc) is 3.38. The number of benzene rings is 3. The number of imide groups is 1. The van der Waals surface area contributed by atoms with Crippen molar-refractivity contribution in [2.24, 2.45) is 0 Å². The lowest BCUT2D eigenvalue weighted by atomic mass is 10.0. The van der Waals surface area contributed by atoms with Crippen LogP contribution in [0.5, 0.6) is 11.5 Å². The Morgan fingerprint density at radius 2 is 1.76 bits per heavy atom. The minimum absolute atomic E-state index is 0.0241. The van der Waals surface area contributed by atoms with Crippen LogP contribution in [-0.2, 0) is 11.3 Å². The van der Waals surface area contributed by atoms with Crippen molar-refractivity contribution in [3.8, 4) is 22.6 Å². The molecule has 0 saturated carbocycles. The van der Waals surface area contributed by atoms with E-state index >= 15 is 0 Å². The Morgan fingerprint density at radius 1 is 1.03 bits per heavy atom. The molecule has 0 bridgehead atoms. The van der Waals surface area contributed by atoms with Gasteiger partial charge < -0.3 is 14.6 Å². The number of fused-ring (bicyclic) bond motifs is 1. The lowest BCUT2D eigenvalue weighted by molar-refractivity contribution is -0.123. The maximum Gasteiger partial charge on any atom is 0.335 e. The fraction of sp³-hybridized carbons (Fsp3) is 0.0800. The van der Waals surface area contributed by atoms with E-state index in [0.717, 1.165) is 33.4 Å². The molecule has 2 amide bonds. The fourth-order valence-corrected chi connectivity index (χ4v) is 4.69. The molecule has 2 aliphatic heterocycles. The first-order valence-electron chi connectivity index (χ1n) is 10.2. The number of nitrogens with zero attached hydrogens (tertiary/aromatic N) is 1. The lowest BCUT2D eigenvalue weighted by Gasteiger charge is -2.14. The Hall–Kier alpha value is -3.75. The number of aromatic carboxylic acids is 1. The number of carboxylic acid groups (broad SMARTS) is 1. The summed E-state index contributed by atoms with van der Waals surface area (Å²) in [4.78, 5) is 38.1. The van der Waals surface area contributed by atoms with E-state index < -0.39 is 11.9 Å². The summed E-state index contributed by atoms with van der Waals surface area (Å²) in [5, 5.41) is 9.19. The maximum absolute atomic E-state index is 12.9. The quantitative estimate of drug-likeness (QED) is 0.457. The zero-order valence-corrected chi connectivity index (χ0v) is 19.1. The molecule has 34 heavy (non-hydrogen) atoms. The van der Waals surface area contributed by atoms with Crippen molar-refractivity contribution in [2.75, 3.05) is 6.79 Å². The summed E-state index contributed by atoms with van der Waals surface area (Å²) in [6.45, 7) is 0.125. The van der Waals surface area contributed by atoms with Gasteiger partial charge in [0.1, 0.15) is 0 Å². The third-order valence-electron chi connectivity index (χ3n) is 5.39. The van der Waals surface area contributed by atoms with Crippen molar-refractivity contribution in [2.45, 2.75) is 6.54 Å². The number of carbonyl (C=O) groups is 3. The summed E-state index contributed by atoms with van der Waals surface area (Å²) in [5.41, 5.74) is 3.14. The predicted octanol–water partition coefficient (Wildman–Crippen LogP) is 5.67. The Balaban J connectivity index is 1.34. The van der Waals surface area contributed by atoms with Crippen LogP contribution in [0.15, 0.2) is 65.6 Å². The lowest BCUT2D eigenvalue weighted by Crippen LogP contribution is -2.27. The van der Waals surface area contributed by atoms with Gasteiger partial charge in [-0.05, 0) is 58.3 Å². The number of rotatable bonds is 5. The van der Waals surface area contributed by atoms with Crippen LogP contribution >= 0.6 is 23.4 Å². The van der Waals surface area contributed by atoms with E-state index in [2.05, 4.69) is 0 Å². The van der Waals surface area contributed by atoms with E-state index in [4.69, 9.17) is 21.1 Å². The highest BCUT2D eigenvalue weighted by Crippen LogP contribution is 2.39. The molecule has 3 aromatic carbocycles. The van der Waals surface area contributed by atoms with Crippen molar-refractivity contribution in [1.82, 2.24) is 4.90 Å². The summed E-state index contributed by atoms with van der Waals surface area (Å²) in [6, 6.07) is 17.2. The molecule has 2 heterocycles. The van der Waals surface area contributed by atoms with Crippen LogP contribution in [0.1, 0.15) is 21.5 Å². The topological polar surface area (TPSA) is 93.1 Å². The van der Waals surface area contributed by atoms with Crippen molar-refractivity contribution in [1.29, 1.82) is 0 Å². The van der Waals surface area contributed by atoms with Crippen LogP contribution in [0.2, 0.25) is 5.02 Å². The second-order valence-electron chi connectivity index (χ2n) is 7.57. The van der Waals surface area contributed by atoms with Gasteiger partial charge >= 0.3 is 5.97 Å². The maximum atomic E-state index is 12.9. The van der Waals surface area contributed by atoms with Crippen molar-refractivity contribution in [3.05, 3.63) is 87.3 Å². The molecular formula is C25H16ClNO6S. The van der Waals surface area contributed by atoms with Crippen LogP contribution < -0.4 is 9.47 Å². The molecule has 9 heteroatoms. The van der Waals surface area contributed by atoms with Gasteiger partial charge in [-0.1, -0.05) is 48.0 Å². The summed E-state index contributed by atoms with van der Waals surface area (Å²) in [7, 11) is 0. The normalized spacial score (nSPS) is 15.9. The molecule has 0 unspecified atom stereocenters. The van der Waals surface area contributed by atoms with Crippen molar-refractivity contribution >= 4 is 46.6 Å². The molecule has 1 saturated heterocycles. The first-order valence-corrected chi connectivity index (χ1v) is 11.4. The number of carboxylic acids is 1. The number of amides is 2. The van der Waals surface area contributed by atoms with Crippen LogP contribution in [0.4, 0.5) is 4.79 Å². The largest absolute Gasteiger partial charge is 0.478 e. The molecule has 0 aromatic heterocycles. The third kappa shape index (κ3) is 4.25. The van der Waals surface area contributed by atoms with E-state index in [0.29, 0.717) is 27.0 Å². The van der Waals surface area contributed by atoms with Gasteiger partial charge in [-0.2, -0.15) is 0 Å². The highest BCUT2D eigenvalue weighted by Gasteiger charge is 2.35. The van der Waals surface area contributed by atoms with Crippen LogP contribution in [0.25, 0.3) is 17.2 Å². The average molecular weight is 494 g/mol. The number of halogens is 1. The molecule has 170 valence electrons. The number of hydrogen-bond donors (Lipinski definition) is 1. The highest BCUT2D eigenvalue weighted by atomic mass is 35.5. The van der Waals surface area contributed by atoms with E-state index in [9.17, 15) is 19.5 Å². The van der Waals surface area contributed by atoms with Gasteiger partial charge in [0.15, 0.2) is 11.5 Å². The second-order valence-corrected chi connectivity index (χ2v) is 8.97. The van der Waals surface area contributed by atoms with Crippen LogP contribution in [0.3, 0.4) is 0 Å². The predicted molar refractivity (Wildman–Crippen MR) is 128 cm³/mol. The molecule has 0 radical (unpaired) electrons. The van der Waals surface area contributed by atoms with Crippen molar-refractivity contribution in [3.63, 3.8) is 0 Å². The van der Waals surface area contributed by atoms with Gasteiger partial charge in [0.05, 0.1) is 17.0 Å². The number of ether oxygens (including phenoxy) is 2. The standard InChI is InChI=1S/C25H16ClNO6S/c26-19-11-21-20(32-13-33-21)10-18(19)12-27-23(28)22(34-25(27)31)8-14-4-6-15(7-5-14)16-2-1-3-17(9-16)24(29)30/h1-11H,12-13H2,(H,29,30)/b22-8-. The molecule has 5 rings (SSSR count). The molecule has 1 fully saturated rings. The van der Waals surface area contributed by atoms with E-state index in [1.165, 1.54) is 6.07 Å². The summed E-state index contributed by atoms with van der Waals surface area (Å²) < 4.78 is 10.6. The Labute approximate surface area is 203 Å². The summed E-state index contributed by atoms with van der Waals surface area (Å²) in [5.74, 6) is -0.338. The summed E-state index contributed by atoms with van der Waals surface area (Å²) >= 11 is 7.17. The van der Waals surface area contributed by atoms with Crippen molar-refractivity contribution < 1.29 is 29.0 Å². The van der Waals surface area contributed by atoms with Gasteiger partial charge in [-0.3, -0.25) is 14.5 Å². The molecule has 7 nitrogen and oxygen atoms in total. The monoisotopic (exact) mass is 493 g/mol. The van der Waals surface area contributed by atoms with Gasteiger partial charge in [-0.25, -0.2) is 4.79 Å². The van der Waals surface area contributed by atoms with Gasteiger partial charge in [0.2, 0.25) is 6.79 Å². The minimum Gasteiger partial charge on any atom is -0.478 e. The van der Waals surface area contributed by atoms with Gasteiger partial charge in [0.25, 0.3) is 11.1 Å². The third-order valence-corrected chi connectivity index (χ3v) is 6.65. The zero-order chi connectivity index (χ0) is 23.8. The van der Waals surface area contributed by atoms with Gasteiger partial charge in [-0.15, -0.1) is 0 Å². The number of carbonyl (C=O) groups excluding carboxylic acids is 2. The molecule has 2 aliphatic rings. The molecule has 0 atom stereocenters. The first-order chi connectivity index (χ1) is 16.4. The smallest absolute Gasteiger partial charge is 0.335 e.